The topological polar surface area (TPSA) is 71.5 Å². The Bertz CT molecular complexity index is 849. The van der Waals surface area contributed by atoms with E-state index >= 15 is 0 Å². The molecule has 2 aliphatic rings. The molecular formula is C21H27FN2O3S. The van der Waals surface area contributed by atoms with Gasteiger partial charge in [0.15, 0.2) is 0 Å². The average molecular weight is 407 g/mol. The van der Waals surface area contributed by atoms with Gasteiger partial charge >= 0.3 is 0 Å². The van der Waals surface area contributed by atoms with Gasteiger partial charge in [-0.1, -0.05) is 0 Å². The summed E-state index contributed by atoms with van der Waals surface area (Å²) in [5.74, 6) is 0.476. The minimum atomic E-state index is -0.646. The van der Waals surface area contributed by atoms with Gasteiger partial charge < -0.3 is 15.2 Å². The number of hydrogen-bond donors (Lipinski definition) is 2. The van der Waals surface area contributed by atoms with Crippen molar-refractivity contribution in [3.05, 3.63) is 23.5 Å². The van der Waals surface area contributed by atoms with Crippen molar-refractivity contribution in [1.82, 2.24) is 10.3 Å². The molecule has 0 radical (unpaired) electrons. The number of ether oxygens (including phenoxy) is 1. The summed E-state index contributed by atoms with van der Waals surface area (Å²) in [5.41, 5.74) is 1.72. The monoisotopic (exact) mass is 406 g/mol. The number of aliphatic hydroxyl groups is 1. The molecule has 0 aliphatic heterocycles. The molecule has 4 rings (SSSR count). The highest BCUT2D eigenvalue weighted by molar-refractivity contribution is 7.16. The van der Waals surface area contributed by atoms with Crippen LogP contribution in [0.2, 0.25) is 0 Å². The number of amides is 1. The number of halogens is 1. The smallest absolute Gasteiger partial charge is 0.223 e. The molecule has 152 valence electrons. The van der Waals surface area contributed by atoms with E-state index in [4.69, 9.17) is 4.74 Å². The maximum absolute atomic E-state index is 13.7. The maximum Gasteiger partial charge on any atom is 0.223 e. The Hall–Kier alpha value is -1.73. The standard InChI is InChI=1S/C21H27FN2O3S/c1-21(2,26)13-3-5-15(6-4-13)24-20(25)12-7-16(8-12)27-17-9-14(22)10-18-19(17)23-11-28-18/h9-13,15-16,26H,3-8H2,1-2H3,(H,24,25). The van der Waals surface area contributed by atoms with Crippen LogP contribution in [-0.2, 0) is 4.79 Å². The summed E-state index contributed by atoms with van der Waals surface area (Å²) in [4.78, 5) is 16.8. The number of rotatable bonds is 5. The Morgan fingerprint density at radius 3 is 2.68 bits per heavy atom. The highest BCUT2D eigenvalue weighted by Crippen LogP contribution is 2.36. The van der Waals surface area contributed by atoms with Crippen molar-refractivity contribution in [2.24, 2.45) is 11.8 Å². The zero-order valence-corrected chi connectivity index (χ0v) is 17.1. The van der Waals surface area contributed by atoms with E-state index in [2.05, 4.69) is 10.3 Å². The minimum Gasteiger partial charge on any atom is -0.488 e. The van der Waals surface area contributed by atoms with E-state index in [1.807, 2.05) is 13.8 Å². The predicted octanol–water partition coefficient (Wildman–Crippen LogP) is 4.04. The first-order valence-corrected chi connectivity index (χ1v) is 10.9. The van der Waals surface area contributed by atoms with E-state index in [0.717, 1.165) is 30.4 Å². The van der Waals surface area contributed by atoms with E-state index in [1.54, 1.807) is 5.51 Å². The van der Waals surface area contributed by atoms with Crippen molar-refractivity contribution in [1.29, 1.82) is 0 Å². The van der Waals surface area contributed by atoms with Crippen LogP contribution in [0, 0.1) is 17.7 Å². The summed E-state index contributed by atoms with van der Waals surface area (Å²) in [6.45, 7) is 3.73. The maximum atomic E-state index is 13.7. The van der Waals surface area contributed by atoms with Gasteiger partial charge in [0.05, 0.1) is 15.8 Å². The molecule has 0 unspecified atom stereocenters. The molecule has 2 N–H and O–H groups in total. The molecule has 0 spiro atoms. The molecule has 28 heavy (non-hydrogen) atoms. The Morgan fingerprint density at radius 2 is 2.00 bits per heavy atom. The Labute approximate surface area is 168 Å². The SMILES string of the molecule is CC(C)(O)C1CCC(NC(=O)C2CC(Oc3cc(F)cc4scnc34)C2)CC1. The van der Waals surface area contributed by atoms with Gasteiger partial charge in [-0.2, -0.15) is 0 Å². The molecule has 0 saturated heterocycles. The third kappa shape index (κ3) is 4.15. The van der Waals surface area contributed by atoms with Crippen LogP contribution in [0.1, 0.15) is 52.4 Å². The van der Waals surface area contributed by atoms with Crippen LogP contribution >= 0.6 is 11.3 Å². The molecule has 2 saturated carbocycles. The van der Waals surface area contributed by atoms with Crippen molar-refractivity contribution in [3.63, 3.8) is 0 Å². The average Bonchev–Trinajstić information content (AvgIpc) is 3.05. The Balaban J connectivity index is 1.25. The fourth-order valence-electron chi connectivity index (χ4n) is 4.31. The quantitative estimate of drug-likeness (QED) is 0.786. The number of carbonyl (C=O) groups is 1. The van der Waals surface area contributed by atoms with Gasteiger partial charge in [-0.3, -0.25) is 4.79 Å². The van der Waals surface area contributed by atoms with Gasteiger partial charge in [0.1, 0.15) is 23.2 Å². The summed E-state index contributed by atoms with van der Waals surface area (Å²) < 4.78 is 20.4. The molecule has 2 fully saturated rings. The molecule has 1 aromatic heterocycles. The van der Waals surface area contributed by atoms with Crippen LogP contribution in [0.3, 0.4) is 0 Å². The van der Waals surface area contributed by atoms with Crippen LogP contribution in [0.4, 0.5) is 4.39 Å². The van der Waals surface area contributed by atoms with Gasteiger partial charge in [0.2, 0.25) is 5.91 Å². The predicted molar refractivity (Wildman–Crippen MR) is 107 cm³/mol. The van der Waals surface area contributed by atoms with Crippen LogP contribution in [0.5, 0.6) is 5.75 Å². The fourth-order valence-corrected chi connectivity index (χ4v) is 5.03. The number of hydrogen-bond acceptors (Lipinski definition) is 5. The minimum absolute atomic E-state index is 0.0449. The van der Waals surface area contributed by atoms with Crippen molar-refractivity contribution in [2.75, 3.05) is 0 Å². The van der Waals surface area contributed by atoms with Crippen LogP contribution in [0.15, 0.2) is 17.6 Å². The number of nitrogens with one attached hydrogen (secondary N) is 1. The summed E-state index contributed by atoms with van der Waals surface area (Å²) in [6, 6.07) is 3.03. The van der Waals surface area contributed by atoms with Crippen LogP contribution in [-0.4, -0.2) is 33.7 Å². The highest BCUT2D eigenvalue weighted by Gasteiger charge is 2.38. The van der Waals surface area contributed by atoms with Gasteiger partial charge in [0.25, 0.3) is 0 Å². The van der Waals surface area contributed by atoms with Gasteiger partial charge in [-0.15, -0.1) is 11.3 Å². The molecule has 0 bridgehead atoms. The van der Waals surface area contributed by atoms with Crippen LogP contribution < -0.4 is 10.1 Å². The van der Waals surface area contributed by atoms with Crippen molar-refractivity contribution < 1.29 is 19.0 Å². The zero-order chi connectivity index (χ0) is 19.9. The fraction of sp³-hybridized carbons (Fsp3) is 0.619. The van der Waals surface area contributed by atoms with Crippen molar-refractivity contribution in [3.8, 4) is 5.75 Å². The second kappa shape index (κ2) is 7.59. The molecule has 0 atom stereocenters. The first kappa shape index (κ1) is 19.6. The van der Waals surface area contributed by atoms with E-state index < -0.39 is 5.60 Å². The second-order valence-corrected chi connectivity index (χ2v) is 9.61. The lowest BCUT2D eigenvalue weighted by molar-refractivity contribution is -0.131. The third-order valence-electron chi connectivity index (χ3n) is 6.20. The number of carbonyl (C=O) groups excluding carboxylic acids is 1. The Morgan fingerprint density at radius 1 is 1.29 bits per heavy atom. The van der Waals surface area contributed by atoms with E-state index in [0.29, 0.717) is 30.0 Å². The molecule has 1 amide bonds. The summed E-state index contributed by atoms with van der Waals surface area (Å²) >= 11 is 1.38. The lowest BCUT2D eigenvalue weighted by Gasteiger charge is -2.38. The van der Waals surface area contributed by atoms with Gasteiger partial charge in [-0.25, -0.2) is 9.37 Å². The number of aromatic nitrogens is 1. The van der Waals surface area contributed by atoms with Crippen LogP contribution in [0.25, 0.3) is 10.2 Å². The van der Waals surface area contributed by atoms with Crippen molar-refractivity contribution in [2.45, 2.75) is 70.1 Å². The summed E-state index contributed by atoms with van der Waals surface area (Å²) in [6.07, 6.45) is 4.92. The summed E-state index contributed by atoms with van der Waals surface area (Å²) in [5, 5.41) is 13.3. The lowest BCUT2D eigenvalue weighted by atomic mass is 9.76. The van der Waals surface area contributed by atoms with E-state index in [-0.39, 0.29) is 29.8 Å². The highest BCUT2D eigenvalue weighted by atomic mass is 32.1. The van der Waals surface area contributed by atoms with Gasteiger partial charge in [-0.05, 0) is 64.4 Å². The Kier molecular flexibility index (Phi) is 5.31. The molecule has 1 heterocycles. The first-order chi connectivity index (χ1) is 13.3. The molecule has 1 aromatic carbocycles. The largest absolute Gasteiger partial charge is 0.488 e. The van der Waals surface area contributed by atoms with Gasteiger partial charge in [0, 0.05) is 18.0 Å². The van der Waals surface area contributed by atoms with E-state index in [9.17, 15) is 14.3 Å². The normalized spacial score (nSPS) is 28.0. The number of fused-ring (bicyclic) bond motifs is 1. The van der Waals surface area contributed by atoms with E-state index in [1.165, 1.54) is 23.5 Å². The zero-order valence-electron chi connectivity index (χ0n) is 16.3. The molecule has 7 heteroatoms. The first-order valence-electron chi connectivity index (χ1n) is 10.0. The summed E-state index contributed by atoms with van der Waals surface area (Å²) in [7, 11) is 0. The molecule has 2 aliphatic carbocycles. The molecule has 5 nitrogen and oxygen atoms in total. The molecular weight excluding hydrogens is 379 g/mol. The number of nitrogens with zero attached hydrogens (tertiary/aromatic N) is 1. The second-order valence-electron chi connectivity index (χ2n) is 8.72. The lowest BCUT2D eigenvalue weighted by Crippen LogP contribution is -2.48. The molecule has 2 aromatic rings. The number of benzene rings is 1. The number of thiazole rings is 1. The van der Waals surface area contributed by atoms with Crippen molar-refractivity contribution >= 4 is 27.5 Å². The third-order valence-corrected chi connectivity index (χ3v) is 6.97.